The third-order valence-corrected chi connectivity index (χ3v) is 3.95. The molecule has 0 bridgehead atoms. The van der Waals surface area contributed by atoms with Gasteiger partial charge in [0.1, 0.15) is 5.76 Å². The Labute approximate surface area is 112 Å². The van der Waals surface area contributed by atoms with Crippen molar-refractivity contribution in [1.82, 2.24) is 15.5 Å². The van der Waals surface area contributed by atoms with Gasteiger partial charge < -0.3 is 14.3 Å². The van der Waals surface area contributed by atoms with Crippen LogP contribution in [0.25, 0.3) is 11.4 Å². The summed E-state index contributed by atoms with van der Waals surface area (Å²) in [6, 6.07) is 1.88. The Morgan fingerprint density at radius 2 is 2.37 bits per heavy atom. The van der Waals surface area contributed by atoms with Crippen molar-refractivity contribution < 1.29 is 8.94 Å². The molecule has 1 saturated heterocycles. The zero-order valence-corrected chi connectivity index (χ0v) is 11.4. The highest BCUT2D eigenvalue weighted by atomic mass is 16.5. The Balaban J connectivity index is 1.94. The zero-order valence-electron chi connectivity index (χ0n) is 11.4. The van der Waals surface area contributed by atoms with Crippen molar-refractivity contribution in [2.24, 2.45) is 0 Å². The molecule has 1 fully saturated rings. The second-order valence-electron chi connectivity index (χ2n) is 5.27. The average Bonchev–Trinajstić information content (AvgIpc) is 3.08. The Bertz CT molecular complexity index is 553. The van der Waals surface area contributed by atoms with E-state index in [1.165, 1.54) is 0 Å². The van der Waals surface area contributed by atoms with Gasteiger partial charge in [-0.05, 0) is 32.4 Å². The molecule has 3 rings (SSSR count). The fourth-order valence-electron chi connectivity index (χ4n) is 2.89. The molecule has 5 nitrogen and oxygen atoms in total. The van der Waals surface area contributed by atoms with Crippen molar-refractivity contribution in [2.75, 3.05) is 13.1 Å². The van der Waals surface area contributed by atoms with Crippen LogP contribution in [-0.4, -0.2) is 23.2 Å². The van der Waals surface area contributed by atoms with Gasteiger partial charge in [0.15, 0.2) is 0 Å². The summed E-state index contributed by atoms with van der Waals surface area (Å²) < 4.78 is 10.8. The van der Waals surface area contributed by atoms with Crippen LogP contribution in [0.15, 0.2) is 21.3 Å². The first-order valence-corrected chi connectivity index (χ1v) is 6.84. The van der Waals surface area contributed by atoms with Crippen LogP contribution in [0.3, 0.4) is 0 Å². The lowest BCUT2D eigenvalue weighted by Gasteiger charge is -2.22. The highest BCUT2D eigenvalue weighted by Gasteiger charge is 2.40. The third kappa shape index (κ3) is 2.08. The summed E-state index contributed by atoms with van der Waals surface area (Å²) in [4.78, 5) is 4.61. The maximum absolute atomic E-state index is 5.54. The molecule has 1 unspecified atom stereocenters. The SMILES string of the molecule is CCCC1(c2nc(-c3ccoc3C)no2)CCNC1. The topological polar surface area (TPSA) is 64.1 Å². The van der Waals surface area contributed by atoms with Crippen LogP contribution >= 0.6 is 0 Å². The maximum Gasteiger partial charge on any atom is 0.234 e. The Morgan fingerprint density at radius 3 is 3.00 bits per heavy atom. The molecule has 0 aliphatic carbocycles. The normalized spacial score (nSPS) is 23.1. The van der Waals surface area contributed by atoms with Crippen LogP contribution in [0.5, 0.6) is 0 Å². The van der Waals surface area contributed by atoms with Crippen LogP contribution < -0.4 is 5.32 Å². The molecule has 19 heavy (non-hydrogen) atoms. The molecule has 0 spiro atoms. The third-order valence-electron chi connectivity index (χ3n) is 3.95. The molecule has 2 aromatic rings. The molecule has 0 saturated carbocycles. The van der Waals surface area contributed by atoms with Crippen molar-refractivity contribution >= 4 is 0 Å². The summed E-state index contributed by atoms with van der Waals surface area (Å²) in [5.74, 6) is 2.21. The number of furan rings is 1. The summed E-state index contributed by atoms with van der Waals surface area (Å²) in [6.45, 7) is 6.04. The van der Waals surface area contributed by atoms with Gasteiger partial charge in [0.05, 0.1) is 17.2 Å². The minimum Gasteiger partial charge on any atom is -0.469 e. The minimum atomic E-state index is 0.0115. The van der Waals surface area contributed by atoms with E-state index in [0.29, 0.717) is 5.82 Å². The Hall–Kier alpha value is -1.62. The van der Waals surface area contributed by atoms with Crippen molar-refractivity contribution in [3.8, 4) is 11.4 Å². The van der Waals surface area contributed by atoms with Crippen LogP contribution in [0.2, 0.25) is 0 Å². The quantitative estimate of drug-likeness (QED) is 0.916. The van der Waals surface area contributed by atoms with E-state index >= 15 is 0 Å². The standard InChI is InChI=1S/C14H19N3O2/c1-3-5-14(6-7-15-9-14)13-16-12(17-19-13)11-4-8-18-10(11)2/h4,8,15H,3,5-7,9H2,1-2H3. The van der Waals surface area contributed by atoms with Gasteiger partial charge >= 0.3 is 0 Å². The predicted octanol–water partition coefficient (Wildman–Crippen LogP) is 2.67. The molecular formula is C14H19N3O2. The number of hydrogen-bond acceptors (Lipinski definition) is 5. The molecular weight excluding hydrogens is 242 g/mol. The molecule has 1 atom stereocenters. The molecule has 0 radical (unpaired) electrons. The number of rotatable bonds is 4. The first-order chi connectivity index (χ1) is 9.25. The van der Waals surface area contributed by atoms with Gasteiger partial charge in [-0.2, -0.15) is 4.98 Å². The largest absolute Gasteiger partial charge is 0.469 e. The number of aromatic nitrogens is 2. The highest BCUT2D eigenvalue weighted by Crippen LogP contribution is 2.35. The lowest BCUT2D eigenvalue weighted by Crippen LogP contribution is -2.29. The number of hydrogen-bond donors (Lipinski definition) is 1. The monoisotopic (exact) mass is 261 g/mol. The van der Waals surface area contributed by atoms with E-state index in [9.17, 15) is 0 Å². The van der Waals surface area contributed by atoms with Gasteiger partial charge in [-0.3, -0.25) is 0 Å². The van der Waals surface area contributed by atoms with E-state index in [-0.39, 0.29) is 5.41 Å². The summed E-state index contributed by atoms with van der Waals surface area (Å²) in [6.07, 6.45) is 4.91. The number of nitrogens with zero attached hydrogens (tertiary/aromatic N) is 2. The van der Waals surface area contributed by atoms with Crippen molar-refractivity contribution in [3.63, 3.8) is 0 Å². The second-order valence-corrected chi connectivity index (χ2v) is 5.27. The van der Waals surface area contributed by atoms with Gasteiger partial charge in [-0.25, -0.2) is 0 Å². The molecule has 102 valence electrons. The predicted molar refractivity (Wildman–Crippen MR) is 70.8 cm³/mol. The van der Waals surface area contributed by atoms with E-state index < -0.39 is 0 Å². The maximum atomic E-state index is 5.54. The van der Waals surface area contributed by atoms with E-state index in [1.54, 1.807) is 6.26 Å². The molecule has 5 heteroatoms. The number of nitrogens with one attached hydrogen (secondary N) is 1. The summed E-state index contributed by atoms with van der Waals surface area (Å²) in [5.41, 5.74) is 0.921. The Kier molecular flexibility index (Phi) is 3.14. The molecule has 1 aliphatic rings. The lowest BCUT2D eigenvalue weighted by molar-refractivity contribution is 0.277. The lowest BCUT2D eigenvalue weighted by atomic mass is 9.82. The number of aryl methyl sites for hydroxylation is 1. The van der Waals surface area contributed by atoms with Crippen molar-refractivity contribution in [1.29, 1.82) is 0 Å². The van der Waals surface area contributed by atoms with Crippen molar-refractivity contribution in [2.45, 2.75) is 38.5 Å². The average molecular weight is 261 g/mol. The summed E-state index contributed by atoms with van der Waals surface area (Å²) in [5, 5.41) is 7.52. The summed E-state index contributed by atoms with van der Waals surface area (Å²) in [7, 11) is 0. The van der Waals surface area contributed by atoms with Gasteiger partial charge in [0.2, 0.25) is 11.7 Å². The van der Waals surface area contributed by atoms with E-state index in [4.69, 9.17) is 8.94 Å². The minimum absolute atomic E-state index is 0.0115. The first-order valence-electron chi connectivity index (χ1n) is 6.84. The smallest absolute Gasteiger partial charge is 0.234 e. The molecule has 1 aliphatic heterocycles. The van der Waals surface area contributed by atoms with Gasteiger partial charge in [0.25, 0.3) is 0 Å². The summed E-state index contributed by atoms with van der Waals surface area (Å²) >= 11 is 0. The van der Waals surface area contributed by atoms with E-state index in [1.807, 2.05) is 13.0 Å². The van der Waals surface area contributed by atoms with Gasteiger partial charge in [-0.1, -0.05) is 18.5 Å². The van der Waals surface area contributed by atoms with Gasteiger partial charge in [0, 0.05) is 6.54 Å². The second kappa shape index (κ2) is 4.81. The van der Waals surface area contributed by atoms with Gasteiger partial charge in [-0.15, -0.1) is 0 Å². The van der Waals surface area contributed by atoms with Crippen LogP contribution in [0.1, 0.15) is 37.8 Å². The fourth-order valence-corrected chi connectivity index (χ4v) is 2.89. The zero-order chi connectivity index (χ0) is 13.3. The molecule has 1 N–H and O–H groups in total. The highest BCUT2D eigenvalue weighted by molar-refractivity contribution is 5.56. The van der Waals surface area contributed by atoms with E-state index in [0.717, 1.165) is 49.6 Å². The molecule has 0 amide bonds. The van der Waals surface area contributed by atoms with E-state index in [2.05, 4.69) is 22.4 Å². The fraction of sp³-hybridized carbons (Fsp3) is 0.571. The van der Waals surface area contributed by atoms with Crippen molar-refractivity contribution in [3.05, 3.63) is 24.0 Å². The Morgan fingerprint density at radius 1 is 1.47 bits per heavy atom. The van der Waals surface area contributed by atoms with Crippen LogP contribution in [0, 0.1) is 6.92 Å². The van der Waals surface area contributed by atoms with Crippen LogP contribution in [-0.2, 0) is 5.41 Å². The molecule has 2 aromatic heterocycles. The first kappa shape index (κ1) is 12.4. The van der Waals surface area contributed by atoms with Crippen LogP contribution in [0.4, 0.5) is 0 Å². The molecule has 3 heterocycles. The molecule has 0 aromatic carbocycles.